The summed E-state index contributed by atoms with van der Waals surface area (Å²) in [6.45, 7) is 9.53. The number of amides is 4. The molecule has 5 N–H and O–H groups in total. The first-order valence-corrected chi connectivity index (χ1v) is 21.5. The molecular weight excluding hydrogens is 821 g/mol. The molecule has 4 aromatic rings. The highest BCUT2D eigenvalue weighted by Crippen LogP contribution is 2.25. The lowest BCUT2D eigenvalue weighted by Crippen LogP contribution is -2.55. The minimum atomic E-state index is -3.97. The van der Waals surface area contributed by atoms with Gasteiger partial charge in [-0.05, 0) is 74.2 Å². The Morgan fingerprint density at radius 3 is 2.18 bits per heavy atom. The molecule has 4 atom stereocenters. The van der Waals surface area contributed by atoms with Crippen molar-refractivity contribution >= 4 is 66.6 Å². The van der Waals surface area contributed by atoms with Gasteiger partial charge in [0, 0.05) is 66.0 Å². The maximum Gasteiger partial charge on any atom is 0.251 e. The van der Waals surface area contributed by atoms with Gasteiger partial charge in [-0.3, -0.25) is 28.5 Å². The number of benzene rings is 2. The van der Waals surface area contributed by atoms with Crippen molar-refractivity contribution in [3.8, 4) is 0 Å². The number of hydrogen-bond acceptors (Lipinski definition) is 10. The number of hydrogen-bond donors (Lipinski definition) is 5. The molecule has 0 bridgehead atoms. The molecule has 0 aliphatic rings. The summed E-state index contributed by atoms with van der Waals surface area (Å²) in [5.74, 6) is -2.22. The molecule has 300 valence electrons. The molecule has 56 heavy (non-hydrogen) atoms. The van der Waals surface area contributed by atoms with Crippen LogP contribution < -0.4 is 30.9 Å². The van der Waals surface area contributed by atoms with E-state index in [1.165, 1.54) is 36.6 Å². The second kappa shape index (κ2) is 20.5. The minimum Gasteiger partial charge on any atom is -0.355 e. The second-order valence-corrected chi connectivity index (χ2v) is 17.3. The molecule has 0 saturated carbocycles. The molecule has 0 spiro atoms. The zero-order valence-electron chi connectivity index (χ0n) is 32.2. The van der Waals surface area contributed by atoms with Crippen LogP contribution in [0.4, 0.5) is 5.69 Å². The van der Waals surface area contributed by atoms with E-state index in [0.717, 1.165) is 14.3 Å². The van der Waals surface area contributed by atoms with E-state index in [-0.39, 0.29) is 46.8 Å². The number of nitrogens with one attached hydrogen (secondary N) is 5. The predicted octanol–water partition coefficient (Wildman–Crippen LogP) is 4.35. The van der Waals surface area contributed by atoms with Crippen LogP contribution >= 0.6 is 27.3 Å². The zero-order chi connectivity index (χ0) is 41.0. The number of thiazole rings is 1. The maximum atomic E-state index is 14.1. The molecule has 2 aromatic heterocycles. The molecule has 14 nitrogen and oxygen atoms in total. The van der Waals surface area contributed by atoms with Crippen LogP contribution in [0.3, 0.4) is 0 Å². The topological polar surface area (TPSA) is 192 Å². The maximum absolute atomic E-state index is 14.1. The normalized spacial score (nSPS) is 13.6. The summed E-state index contributed by atoms with van der Waals surface area (Å²) in [5.41, 5.74) is 3.93. The first-order valence-electron chi connectivity index (χ1n) is 18.1. The number of sulfonamides is 1. The van der Waals surface area contributed by atoms with E-state index < -0.39 is 46.0 Å². The molecule has 0 radical (unpaired) electrons. The van der Waals surface area contributed by atoms with Crippen molar-refractivity contribution in [2.24, 2.45) is 5.92 Å². The summed E-state index contributed by atoms with van der Waals surface area (Å²) in [6, 6.07) is 12.3. The fourth-order valence-corrected chi connectivity index (χ4v) is 7.71. The lowest BCUT2D eigenvalue weighted by Gasteiger charge is -2.25. The van der Waals surface area contributed by atoms with Crippen LogP contribution in [-0.4, -0.2) is 80.3 Å². The molecular formula is C39H49BrN8O6S2. The first-order chi connectivity index (χ1) is 26.6. The number of aromatic nitrogens is 2. The number of carbonyl (C=O) groups excluding carboxylic acids is 4. The number of nitrogens with zero attached hydrogens (tertiary/aromatic N) is 3. The Balaban J connectivity index is 1.61. The Morgan fingerprint density at radius 1 is 0.911 bits per heavy atom. The smallest absolute Gasteiger partial charge is 0.251 e. The third-order valence-corrected chi connectivity index (χ3v) is 11.9. The Morgan fingerprint density at radius 2 is 1.59 bits per heavy atom. The fraction of sp³-hybridized carbons (Fsp3) is 0.385. The van der Waals surface area contributed by atoms with Crippen molar-refractivity contribution in [2.75, 3.05) is 24.4 Å². The average molecular weight is 870 g/mol. The number of halogens is 1. The van der Waals surface area contributed by atoms with Gasteiger partial charge >= 0.3 is 0 Å². The SMILES string of the molecule is CCNC(=O)[C@@H](NC(=O)[C@H](C)NC[C@H](Cc1cscn1)NC(=O)c1cc(C(=O)NC(C)c2cccnc2)cc(N(C)S(=O)(=O)Cc2ccc(Br)cc2)c1)C(C)C. The van der Waals surface area contributed by atoms with Crippen molar-refractivity contribution in [2.45, 2.75) is 71.0 Å². The number of pyridine rings is 1. The molecule has 0 saturated heterocycles. The summed E-state index contributed by atoms with van der Waals surface area (Å²) in [6.07, 6.45) is 3.57. The predicted molar refractivity (Wildman–Crippen MR) is 222 cm³/mol. The van der Waals surface area contributed by atoms with Gasteiger partial charge in [-0.25, -0.2) is 13.4 Å². The number of anilines is 1. The van der Waals surface area contributed by atoms with Crippen molar-refractivity contribution in [3.05, 3.63) is 110 Å². The van der Waals surface area contributed by atoms with Gasteiger partial charge in [-0.1, -0.05) is 48.0 Å². The Kier molecular flexibility index (Phi) is 16.1. The van der Waals surface area contributed by atoms with Crippen molar-refractivity contribution in [1.29, 1.82) is 0 Å². The van der Waals surface area contributed by atoms with Gasteiger partial charge in [-0.15, -0.1) is 11.3 Å². The number of carbonyl (C=O) groups is 4. The molecule has 2 heterocycles. The largest absolute Gasteiger partial charge is 0.355 e. The highest BCUT2D eigenvalue weighted by atomic mass is 79.9. The van der Waals surface area contributed by atoms with E-state index in [1.54, 1.807) is 69.0 Å². The summed E-state index contributed by atoms with van der Waals surface area (Å²) in [7, 11) is -2.59. The fourth-order valence-electron chi connectivity index (χ4n) is 5.64. The van der Waals surface area contributed by atoms with E-state index >= 15 is 0 Å². The minimum absolute atomic E-state index is 0.0446. The van der Waals surface area contributed by atoms with Crippen LogP contribution in [0.1, 0.15) is 78.2 Å². The summed E-state index contributed by atoms with van der Waals surface area (Å²) in [5, 5.41) is 16.5. The molecule has 0 fully saturated rings. The van der Waals surface area contributed by atoms with Crippen LogP contribution in [-0.2, 0) is 31.8 Å². The molecule has 0 aliphatic heterocycles. The second-order valence-electron chi connectivity index (χ2n) is 13.7. The summed E-state index contributed by atoms with van der Waals surface area (Å²) >= 11 is 4.77. The van der Waals surface area contributed by atoms with Gasteiger partial charge in [0.1, 0.15) is 6.04 Å². The first kappa shape index (κ1) is 44.0. The van der Waals surface area contributed by atoms with Crippen molar-refractivity contribution in [3.63, 3.8) is 0 Å². The van der Waals surface area contributed by atoms with Crippen LogP contribution in [0.5, 0.6) is 0 Å². The number of rotatable bonds is 19. The van der Waals surface area contributed by atoms with E-state index in [9.17, 15) is 27.6 Å². The third kappa shape index (κ3) is 12.7. The van der Waals surface area contributed by atoms with Gasteiger partial charge in [0.25, 0.3) is 11.8 Å². The van der Waals surface area contributed by atoms with Crippen molar-refractivity contribution < 1.29 is 27.6 Å². The Labute approximate surface area is 340 Å². The van der Waals surface area contributed by atoms with E-state index in [1.807, 2.05) is 25.3 Å². The molecule has 2 aromatic carbocycles. The average Bonchev–Trinajstić information content (AvgIpc) is 3.69. The zero-order valence-corrected chi connectivity index (χ0v) is 35.4. The van der Waals surface area contributed by atoms with Gasteiger partial charge in [0.2, 0.25) is 21.8 Å². The monoisotopic (exact) mass is 868 g/mol. The highest BCUT2D eigenvalue weighted by molar-refractivity contribution is 9.10. The standard InChI is InChI=1S/C39H49BrN8O6S2/c1-7-42-39(52)35(24(2)3)47-36(49)26(5)43-20-32(18-33-21-55-23-44-33)46-38(51)30-15-29(37(50)45-25(4)28-9-8-14-41-19-28)16-34(17-30)48(6)56(53,54)22-27-10-12-31(40)13-11-27/h8-17,19,21,23-26,32,35,43H,7,18,20,22H2,1-6H3,(H,42,52)(H,45,50)(H,46,51)(H,47,49)/t25?,26-,32-,35-/m0/s1. The van der Waals surface area contributed by atoms with Crippen LogP contribution in [0.15, 0.2) is 82.4 Å². The van der Waals surface area contributed by atoms with Gasteiger partial charge in [-0.2, -0.15) is 0 Å². The summed E-state index contributed by atoms with van der Waals surface area (Å²) in [4.78, 5) is 62.0. The van der Waals surface area contributed by atoms with Gasteiger partial charge < -0.3 is 26.6 Å². The summed E-state index contributed by atoms with van der Waals surface area (Å²) < 4.78 is 29.2. The van der Waals surface area contributed by atoms with Gasteiger partial charge in [0.05, 0.1) is 34.7 Å². The molecule has 0 aliphatic carbocycles. The van der Waals surface area contributed by atoms with Crippen LogP contribution in [0, 0.1) is 5.92 Å². The van der Waals surface area contributed by atoms with Crippen molar-refractivity contribution in [1.82, 2.24) is 36.6 Å². The van der Waals surface area contributed by atoms with Gasteiger partial charge in [0.15, 0.2) is 0 Å². The lowest BCUT2D eigenvalue weighted by molar-refractivity contribution is -0.130. The number of likely N-dealkylation sites (N-methyl/N-ethyl adjacent to an activating group) is 1. The van der Waals surface area contributed by atoms with E-state index in [4.69, 9.17) is 0 Å². The third-order valence-electron chi connectivity index (χ3n) is 8.95. The van der Waals surface area contributed by atoms with Crippen LogP contribution in [0.2, 0.25) is 0 Å². The molecule has 4 amide bonds. The molecule has 17 heteroatoms. The highest BCUT2D eigenvalue weighted by Gasteiger charge is 2.28. The van der Waals surface area contributed by atoms with Crippen LogP contribution in [0.25, 0.3) is 0 Å². The Hall–Kier alpha value is -4.71. The quantitative estimate of drug-likeness (QED) is 0.0912. The molecule has 1 unspecified atom stereocenters. The lowest BCUT2D eigenvalue weighted by atomic mass is 10.0. The Bertz CT molecular complexity index is 2050. The van der Waals surface area contributed by atoms with E-state index in [2.05, 4.69) is 52.5 Å². The van der Waals surface area contributed by atoms with E-state index in [0.29, 0.717) is 24.2 Å². The molecule has 4 rings (SSSR count).